The van der Waals surface area contributed by atoms with E-state index in [4.69, 9.17) is 0 Å². The first-order valence-electron chi connectivity index (χ1n) is 8.11. The maximum absolute atomic E-state index is 13.0. The lowest BCUT2D eigenvalue weighted by Crippen LogP contribution is -2.54. The molecule has 1 saturated heterocycles. The van der Waals surface area contributed by atoms with Crippen molar-refractivity contribution in [3.05, 3.63) is 52.5 Å². The van der Waals surface area contributed by atoms with Crippen LogP contribution in [-0.2, 0) is 6.54 Å². The summed E-state index contributed by atoms with van der Waals surface area (Å²) >= 11 is 0. The third-order valence-corrected chi connectivity index (χ3v) is 5.19. The summed E-state index contributed by atoms with van der Waals surface area (Å²) in [6, 6.07) is 6.87. The van der Waals surface area contributed by atoms with Gasteiger partial charge in [-0.3, -0.25) is 4.79 Å². The maximum atomic E-state index is 13.0. The Balaban J connectivity index is 1.80. The minimum Gasteiger partial charge on any atom is -0.328 e. The SMILES string of the molecule is C[N+]1(C)CC2CC(C1)c1ccc(-c3ccc(F)nc3)c(=O)n1C2. The van der Waals surface area contributed by atoms with Crippen LogP contribution in [0.5, 0.6) is 0 Å². The van der Waals surface area contributed by atoms with Crippen molar-refractivity contribution >= 4 is 0 Å². The van der Waals surface area contributed by atoms with Gasteiger partial charge in [-0.05, 0) is 30.7 Å². The highest BCUT2D eigenvalue weighted by molar-refractivity contribution is 5.61. The molecule has 2 atom stereocenters. The monoisotopic (exact) mass is 314 g/mol. The quantitative estimate of drug-likeness (QED) is 0.598. The summed E-state index contributed by atoms with van der Waals surface area (Å²) < 4.78 is 16.0. The van der Waals surface area contributed by atoms with Crippen LogP contribution in [0.15, 0.2) is 35.3 Å². The molecule has 0 amide bonds. The lowest BCUT2D eigenvalue weighted by atomic mass is 9.82. The van der Waals surface area contributed by atoms with E-state index in [2.05, 4.69) is 25.1 Å². The molecule has 0 aliphatic carbocycles. The third kappa shape index (κ3) is 2.49. The number of likely N-dealkylation sites (tertiary alicyclic amines) is 1. The molecule has 2 aromatic rings. The summed E-state index contributed by atoms with van der Waals surface area (Å²) in [6.45, 7) is 2.98. The predicted molar refractivity (Wildman–Crippen MR) is 86.6 cm³/mol. The van der Waals surface area contributed by atoms with Crippen LogP contribution in [0.4, 0.5) is 4.39 Å². The van der Waals surface area contributed by atoms with E-state index in [1.807, 2.05) is 10.6 Å². The Morgan fingerprint density at radius 3 is 2.78 bits per heavy atom. The molecule has 2 unspecified atom stereocenters. The van der Waals surface area contributed by atoms with Crippen LogP contribution in [-0.4, -0.2) is 41.2 Å². The molecule has 0 N–H and O–H groups in total. The average molecular weight is 314 g/mol. The predicted octanol–water partition coefficient (Wildman–Crippen LogP) is 2.24. The molecule has 1 fully saturated rings. The number of rotatable bonds is 1. The second-order valence-corrected chi connectivity index (χ2v) is 7.56. The number of hydrogen-bond acceptors (Lipinski definition) is 2. The molecule has 0 aromatic carbocycles. The molecule has 2 aliphatic rings. The zero-order chi connectivity index (χ0) is 16.2. The normalized spacial score (nSPS) is 25.0. The van der Waals surface area contributed by atoms with E-state index in [9.17, 15) is 9.18 Å². The first-order chi connectivity index (χ1) is 10.9. The van der Waals surface area contributed by atoms with E-state index in [0.29, 0.717) is 23.0 Å². The minimum atomic E-state index is -0.527. The summed E-state index contributed by atoms with van der Waals surface area (Å²) in [4.78, 5) is 16.6. The van der Waals surface area contributed by atoms with Crippen molar-refractivity contribution in [3.63, 3.8) is 0 Å². The Morgan fingerprint density at radius 1 is 1.22 bits per heavy atom. The number of nitrogens with zero attached hydrogens (tertiary/aromatic N) is 3. The van der Waals surface area contributed by atoms with E-state index in [-0.39, 0.29) is 5.56 Å². The van der Waals surface area contributed by atoms with Gasteiger partial charge in [0, 0.05) is 41.4 Å². The van der Waals surface area contributed by atoms with Gasteiger partial charge in [0.1, 0.15) is 0 Å². The fourth-order valence-corrected chi connectivity index (χ4v) is 4.42. The van der Waals surface area contributed by atoms with Crippen LogP contribution in [0.1, 0.15) is 18.0 Å². The molecule has 120 valence electrons. The maximum Gasteiger partial charge on any atom is 0.258 e. The fraction of sp³-hybridized carbons (Fsp3) is 0.444. The van der Waals surface area contributed by atoms with Gasteiger partial charge in [-0.1, -0.05) is 0 Å². The van der Waals surface area contributed by atoms with Gasteiger partial charge in [0.15, 0.2) is 0 Å². The van der Waals surface area contributed by atoms with Crippen LogP contribution >= 0.6 is 0 Å². The second-order valence-electron chi connectivity index (χ2n) is 7.56. The van der Waals surface area contributed by atoms with Crippen LogP contribution in [0.3, 0.4) is 0 Å². The van der Waals surface area contributed by atoms with Gasteiger partial charge in [-0.15, -0.1) is 0 Å². The minimum absolute atomic E-state index is 0.0258. The summed E-state index contributed by atoms with van der Waals surface area (Å²) in [5.74, 6) is 0.475. The fourth-order valence-electron chi connectivity index (χ4n) is 4.42. The summed E-state index contributed by atoms with van der Waals surface area (Å²) in [5.41, 5.74) is 2.46. The Bertz CT molecular complexity index is 810. The molecule has 0 spiro atoms. The molecule has 23 heavy (non-hydrogen) atoms. The number of fused-ring (bicyclic) bond motifs is 4. The lowest BCUT2D eigenvalue weighted by Gasteiger charge is -2.46. The molecule has 0 saturated carbocycles. The topological polar surface area (TPSA) is 34.9 Å². The number of halogens is 1. The second kappa shape index (κ2) is 4.99. The van der Waals surface area contributed by atoms with Gasteiger partial charge in [0.2, 0.25) is 5.95 Å². The van der Waals surface area contributed by atoms with Crippen LogP contribution < -0.4 is 5.56 Å². The average Bonchev–Trinajstić information content (AvgIpc) is 2.48. The van der Waals surface area contributed by atoms with Gasteiger partial charge in [-0.2, -0.15) is 4.39 Å². The highest BCUT2D eigenvalue weighted by Crippen LogP contribution is 2.37. The zero-order valence-electron chi connectivity index (χ0n) is 13.5. The Kier molecular flexibility index (Phi) is 3.17. The van der Waals surface area contributed by atoms with Gasteiger partial charge in [0.05, 0.1) is 27.2 Å². The summed E-state index contributed by atoms with van der Waals surface area (Å²) in [5, 5.41) is 0. The van der Waals surface area contributed by atoms with E-state index >= 15 is 0 Å². The molecule has 0 radical (unpaired) electrons. The molecule has 4 heterocycles. The number of likely N-dealkylation sites (N-methyl/N-ethyl adjacent to an activating group) is 1. The Hall–Kier alpha value is -2.01. The van der Waals surface area contributed by atoms with Crippen molar-refractivity contribution in [1.29, 1.82) is 0 Å². The number of pyridine rings is 2. The Morgan fingerprint density at radius 2 is 2.04 bits per heavy atom. The lowest BCUT2D eigenvalue weighted by molar-refractivity contribution is -0.901. The standard InChI is InChI=1S/C18H21FN3O/c1-22(2)10-12-7-14(11-22)16-5-4-15(18(23)21(16)9-12)13-3-6-17(19)20-8-13/h3-6,8,12,14H,7,9-11H2,1-2H3/q+1. The summed E-state index contributed by atoms with van der Waals surface area (Å²) in [7, 11) is 4.54. The molecule has 4 rings (SSSR count). The van der Waals surface area contributed by atoms with Gasteiger partial charge >= 0.3 is 0 Å². The van der Waals surface area contributed by atoms with Gasteiger partial charge in [0.25, 0.3) is 5.56 Å². The van der Waals surface area contributed by atoms with Crippen molar-refractivity contribution < 1.29 is 8.87 Å². The first-order valence-corrected chi connectivity index (χ1v) is 8.11. The van der Waals surface area contributed by atoms with Crippen LogP contribution in [0, 0.1) is 11.9 Å². The molecule has 5 heteroatoms. The number of aromatic nitrogens is 2. The number of piperidine rings is 1. The molecule has 2 aliphatic heterocycles. The van der Waals surface area contributed by atoms with Crippen molar-refractivity contribution in [3.8, 4) is 11.1 Å². The Labute approximate surface area is 134 Å². The van der Waals surface area contributed by atoms with Gasteiger partial charge in [-0.25, -0.2) is 4.98 Å². The van der Waals surface area contributed by atoms with E-state index in [0.717, 1.165) is 29.8 Å². The molecule has 4 nitrogen and oxygen atoms in total. The van der Waals surface area contributed by atoms with E-state index in [1.165, 1.54) is 18.7 Å². The van der Waals surface area contributed by atoms with E-state index < -0.39 is 5.95 Å². The van der Waals surface area contributed by atoms with Crippen molar-refractivity contribution in [2.24, 2.45) is 5.92 Å². The molecule has 2 aromatic heterocycles. The smallest absolute Gasteiger partial charge is 0.258 e. The highest BCUT2D eigenvalue weighted by atomic mass is 19.1. The van der Waals surface area contributed by atoms with Crippen molar-refractivity contribution in [2.75, 3.05) is 27.2 Å². The van der Waals surface area contributed by atoms with Gasteiger partial charge < -0.3 is 9.05 Å². The van der Waals surface area contributed by atoms with Crippen LogP contribution in [0.2, 0.25) is 0 Å². The number of quaternary nitrogens is 1. The highest BCUT2D eigenvalue weighted by Gasteiger charge is 2.40. The van der Waals surface area contributed by atoms with Crippen molar-refractivity contribution in [1.82, 2.24) is 9.55 Å². The molecule has 2 bridgehead atoms. The van der Waals surface area contributed by atoms with Crippen LogP contribution in [0.25, 0.3) is 11.1 Å². The molecular formula is C18H21FN3O+. The van der Waals surface area contributed by atoms with Crippen molar-refractivity contribution in [2.45, 2.75) is 18.9 Å². The molecular weight excluding hydrogens is 293 g/mol. The largest absolute Gasteiger partial charge is 0.328 e. The first kappa shape index (κ1) is 14.6. The number of hydrogen-bond donors (Lipinski definition) is 0. The third-order valence-electron chi connectivity index (χ3n) is 5.19. The zero-order valence-corrected chi connectivity index (χ0v) is 13.5. The van der Waals surface area contributed by atoms with E-state index in [1.54, 1.807) is 6.07 Å². The summed E-state index contributed by atoms with van der Waals surface area (Å²) in [6.07, 6.45) is 2.61.